The van der Waals surface area contributed by atoms with Crippen LogP contribution in [0.5, 0.6) is 0 Å². The molecule has 7 heteroatoms. The third-order valence-electron chi connectivity index (χ3n) is 5.13. The van der Waals surface area contributed by atoms with E-state index in [2.05, 4.69) is 24.1 Å². The monoisotopic (exact) mass is 383 g/mol. The summed E-state index contributed by atoms with van der Waals surface area (Å²) in [5, 5.41) is 3.83. The maximum Gasteiger partial charge on any atom is 0.297 e. The number of nitrogens with one attached hydrogen (secondary N) is 1. The number of furan rings is 1. The predicted molar refractivity (Wildman–Crippen MR) is 106 cm³/mol. The lowest BCUT2D eigenvalue weighted by Crippen LogP contribution is -2.44. The van der Waals surface area contributed by atoms with E-state index in [1.54, 1.807) is 6.07 Å². The first-order valence-corrected chi connectivity index (χ1v) is 9.79. The van der Waals surface area contributed by atoms with Crippen LogP contribution in [-0.4, -0.2) is 34.2 Å². The van der Waals surface area contributed by atoms with Gasteiger partial charge in [-0.2, -0.15) is 0 Å². The van der Waals surface area contributed by atoms with Gasteiger partial charge >= 0.3 is 0 Å². The second-order valence-corrected chi connectivity index (χ2v) is 7.86. The zero-order chi connectivity index (χ0) is 19.7. The molecule has 0 spiro atoms. The van der Waals surface area contributed by atoms with Crippen LogP contribution in [0.4, 0.5) is 0 Å². The Balaban J connectivity index is 1.47. The Morgan fingerprint density at radius 2 is 2.18 bits per heavy atom. The highest BCUT2D eigenvalue weighted by atomic mass is 16.5. The minimum atomic E-state index is -0.346. The average molecular weight is 383 g/mol. The summed E-state index contributed by atoms with van der Waals surface area (Å²) in [5.74, 6) is 0.356. The van der Waals surface area contributed by atoms with Gasteiger partial charge in [0.05, 0.1) is 12.4 Å². The van der Waals surface area contributed by atoms with Crippen LogP contribution in [0.3, 0.4) is 0 Å². The van der Waals surface area contributed by atoms with Crippen LogP contribution in [0.15, 0.2) is 39.8 Å². The van der Waals surface area contributed by atoms with Crippen LogP contribution in [-0.2, 0) is 16.1 Å². The van der Waals surface area contributed by atoms with E-state index >= 15 is 0 Å². The van der Waals surface area contributed by atoms with E-state index in [0.717, 1.165) is 24.6 Å². The number of aromatic nitrogens is 2. The van der Waals surface area contributed by atoms with Crippen molar-refractivity contribution < 1.29 is 13.9 Å². The number of hydrogen-bond donors (Lipinski definition) is 1. The first-order valence-electron chi connectivity index (χ1n) is 9.79. The summed E-state index contributed by atoms with van der Waals surface area (Å²) in [6.07, 6.45) is 4.17. The van der Waals surface area contributed by atoms with Crippen molar-refractivity contribution in [3.63, 3.8) is 0 Å². The number of para-hydroxylation sites is 1. The number of amides is 1. The number of benzene rings is 1. The second-order valence-electron chi connectivity index (χ2n) is 7.86. The second kappa shape index (κ2) is 7.75. The van der Waals surface area contributed by atoms with E-state index in [0.29, 0.717) is 23.6 Å². The third-order valence-corrected chi connectivity index (χ3v) is 5.13. The molecular formula is C21H25N3O4. The molecule has 2 aromatic heterocycles. The summed E-state index contributed by atoms with van der Waals surface area (Å²) < 4.78 is 12.7. The first kappa shape index (κ1) is 18.7. The maximum atomic E-state index is 12.7. The SMILES string of the molecule is CC(C)C[C@@H]1C[C@@H](NC(=O)Cn2cnc3c(oc4ccccc43)c2=O)CCO1. The topological polar surface area (TPSA) is 86.4 Å². The van der Waals surface area contributed by atoms with Crippen LogP contribution in [0.1, 0.15) is 33.1 Å². The van der Waals surface area contributed by atoms with Crippen molar-refractivity contribution in [3.8, 4) is 0 Å². The molecule has 1 N–H and O–H groups in total. The molecule has 1 aliphatic heterocycles. The summed E-state index contributed by atoms with van der Waals surface area (Å²) in [6, 6.07) is 7.45. The van der Waals surface area contributed by atoms with Gasteiger partial charge in [0.2, 0.25) is 11.5 Å². The van der Waals surface area contributed by atoms with E-state index in [9.17, 15) is 9.59 Å². The molecule has 0 radical (unpaired) electrons. The summed E-state index contributed by atoms with van der Waals surface area (Å²) in [4.78, 5) is 29.6. The summed E-state index contributed by atoms with van der Waals surface area (Å²) in [6.45, 7) is 4.90. The molecule has 0 saturated carbocycles. The first-order chi connectivity index (χ1) is 13.5. The number of rotatable bonds is 5. The molecule has 3 aromatic rings. The summed E-state index contributed by atoms with van der Waals surface area (Å²) in [5.41, 5.74) is 0.974. The van der Waals surface area contributed by atoms with Gasteiger partial charge < -0.3 is 14.5 Å². The Hall–Kier alpha value is -2.67. The summed E-state index contributed by atoms with van der Waals surface area (Å²) >= 11 is 0. The van der Waals surface area contributed by atoms with Crippen molar-refractivity contribution in [2.45, 2.75) is 51.8 Å². The van der Waals surface area contributed by atoms with E-state index in [4.69, 9.17) is 9.15 Å². The predicted octanol–water partition coefficient (Wildman–Crippen LogP) is 2.85. The molecule has 2 atom stereocenters. The van der Waals surface area contributed by atoms with Crippen molar-refractivity contribution in [1.82, 2.24) is 14.9 Å². The van der Waals surface area contributed by atoms with Crippen LogP contribution < -0.4 is 10.9 Å². The molecule has 1 saturated heterocycles. The Labute approximate surface area is 162 Å². The molecule has 28 heavy (non-hydrogen) atoms. The lowest BCUT2D eigenvalue weighted by Gasteiger charge is -2.31. The highest BCUT2D eigenvalue weighted by Gasteiger charge is 2.25. The van der Waals surface area contributed by atoms with E-state index in [1.165, 1.54) is 10.9 Å². The molecule has 0 unspecified atom stereocenters. The van der Waals surface area contributed by atoms with Gasteiger partial charge in [0.1, 0.15) is 17.6 Å². The molecule has 0 aliphatic carbocycles. The van der Waals surface area contributed by atoms with Crippen LogP contribution >= 0.6 is 0 Å². The third kappa shape index (κ3) is 3.80. The van der Waals surface area contributed by atoms with E-state index < -0.39 is 0 Å². The van der Waals surface area contributed by atoms with Gasteiger partial charge in [-0.1, -0.05) is 26.0 Å². The fourth-order valence-electron chi connectivity index (χ4n) is 3.86. The Morgan fingerprint density at radius 1 is 1.36 bits per heavy atom. The van der Waals surface area contributed by atoms with Crippen molar-refractivity contribution >= 4 is 28.0 Å². The van der Waals surface area contributed by atoms with Gasteiger partial charge in [-0.3, -0.25) is 14.2 Å². The Morgan fingerprint density at radius 3 is 3.00 bits per heavy atom. The van der Waals surface area contributed by atoms with Gasteiger partial charge in [-0.25, -0.2) is 4.98 Å². The number of nitrogens with zero attached hydrogens (tertiary/aromatic N) is 2. The number of ether oxygens (including phenoxy) is 1. The Kier molecular flexibility index (Phi) is 5.17. The van der Waals surface area contributed by atoms with Gasteiger partial charge in [0.15, 0.2) is 0 Å². The van der Waals surface area contributed by atoms with Gasteiger partial charge in [-0.05, 0) is 37.3 Å². The normalized spacial score (nSPS) is 20.1. The smallest absolute Gasteiger partial charge is 0.297 e. The maximum absolute atomic E-state index is 12.7. The molecular weight excluding hydrogens is 358 g/mol. The fourth-order valence-corrected chi connectivity index (χ4v) is 3.86. The van der Waals surface area contributed by atoms with Gasteiger partial charge in [-0.15, -0.1) is 0 Å². The number of carbonyl (C=O) groups is 1. The van der Waals surface area contributed by atoms with Gasteiger partial charge in [0, 0.05) is 18.0 Å². The molecule has 3 heterocycles. The van der Waals surface area contributed by atoms with Gasteiger partial charge in [0.25, 0.3) is 5.56 Å². The number of hydrogen-bond acceptors (Lipinski definition) is 5. The van der Waals surface area contributed by atoms with Crippen LogP contribution in [0.25, 0.3) is 22.1 Å². The quantitative estimate of drug-likeness (QED) is 0.732. The zero-order valence-corrected chi connectivity index (χ0v) is 16.2. The molecule has 1 aliphatic rings. The van der Waals surface area contributed by atoms with Crippen molar-refractivity contribution in [2.24, 2.45) is 5.92 Å². The molecule has 1 fully saturated rings. The van der Waals surface area contributed by atoms with Crippen LogP contribution in [0.2, 0.25) is 0 Å². The Bertz CT molecular complexity index is 1050. The molecule has 1 aromatic carbocycles. The highest BCUT2D eigenvalue weighted by molar-refractivity contribution is 6.01. The zero-order valence-electron chi connectivity index (χ0n) is 16.2. The number of fused-ring (bicyclic) bond motifs is 3. The lowest BCUT2D eigenvalue weighted by molar-refractivity contribution is -0.123. The summed E-state index contributed by atoms with van der Waals surface area (Å²) in [7, 11) is 0. The van der Waals surface area contributed by atoms with Crippen molar-refractivity contribution in [1.29, 1.82) is 0 Å². The fraction of sp³-hybridized carbons (Fsp3) is 0.476. The minimum absolute atomic E-state index is 0.0728. The van der Waals surface area contributed by atoms with Crippen molar-refractivity contribution in [3.05, 3.63) is 40.9 Å². The van der Waals surface area contributed by atoms with Crippen LogP contribution in [0, 0.1) is 5.92 Å². The van der Waals surface area contributed by atoms with E-state index in [-0.39, 0.29) is 35.7 Å². The minimum Gasteiger partial charge on any atom is -0.448 e. The number of carbonyl (C=O) groups excluding carboxylic acids is 1. The van der Waals surface area contributed by atoms with E-state index in [1.807, 2.05) is 18.2 Å². The highest BCUT2D eigenvalue weighted by Crippen LogP contribution is 2.24. The largest absolute Gasteiger partial charge is 0.448 e. The molecule has 0 bridgehead atoms. The lowest BCUT2D eigenvalue weighted by atomic mass is 9.96. The molecule has 1 amide bonds. The average Bonchev–Trinajstić information content (AvgIpc) is 3.03. The van der Waals surface area contributed by atoms with Crippen molar-refractivity contribution in [2.75, 3.05) is 6.61 Å². The molecule has 4 rings (SSSR count). The molecule has 148 valence electrons. The molecule has 7 nitrogen and oxygen atoms in total. The standard InChI is InChI=1S/C21H25N3O4/c1-13(2)9-15-10-14(7-8-27-15)23-18(25)11-24-12-22-19-16-5-3-4-6-17(16)28-20(19)21(24)26/h3-6,12-15H,7-11H2,1-2H3,(H,23,25)/t14-,15+/m0/s1.